The number of methoxy groups -OCH3 is 1. The second-order valence-electron chi connectivity index (χ2n) is 3.91. The van der Waals surface area contributed by atoms with E-state index in [4.69, 9.17) is 16.3 Å². The molecule has 0 unspecified atom stereocenters. The van der Waals surface area contributed by atoms with Crippen LogP contribution in [0.15, 0.2) is 24.3 Å². The zero-order valence-corrected chi connectivity index (χ0v) is 10.2. The fourth-order valence-corrected chi connectivity index (χ4v) is 1.95. The second-order valence-corrected chi connectivity index (χ2v) is 4.35. The van der Waals surface area contributed by atoms with Gasteiger partial charge in [-0.05, 0) is 24.3 Å². The molecule has 0 bridgehead atoms. The van der Waals surface area contributed by atoms with Crippen molar-refractivity contribution < 1.29 is 14.3 Å². The summed E-state index contributed by atoms with van der Waals surface area (Å²) in [7, 11) is 1.39. The molecule has 2 atom stereocenters. The topological polar surface area (TPSA) is 47.6 Å². The van der Waals surface area contributed by atoms with Crippen LogP contribution in [0.5, 0.6) is 5.75 Å². The van der Waals surface area contributed by atoms with Crippen LogP contribution in [0.4, 0.5) is 0 Å². The van der Waals surface area contributed by atoms with E-state index in [1.165, 1.54) is 7.11 Å². The van der Waals surface area contributed by atoms with Gasteiger partial charge in [0.15, 0.2) is 0 Å². The smallest absolute Gasteiger partial charge is 0.323 e. The third-order valence-corrected chi connectivity index (χ3v) is 2.94. The quantitative estimate of drug-likeness (QED) is 0.834. The Balaban J connectivity index is 1.89. The van der Waals surface area contributed by atoms with Crippen LogP contribution in [-0.4, -0.2) is 31.8 Å². The van der Waals surface area contributed by atoms with Crippen LogP contribution >= 0.6 is 11.6 Å². The van der Waals surface area contributed by atoms with Gasteiger partial charge in [-0.2, -0.15) is 0 Å². The van der Waals surface area contributed by atoms with Crippen molar-refractivity contribution in [1.82, 2.24) is 5.32 Å². The van der Waals surface area contributed by atoms with E-state index < -0.39 is 0 Å². The molecule has 0 amide bonds. The van der Waals surface area contributed by atoms with Gasteiger partial charge in [-0.15, -0.1) is 0 Å². The van der Waals surface area contributed by atoms with E-state index in [1.807, 2.05) is 12.1 Å². The average Bonchev–Trinajstić information content (AvgIpc) is 2.80. The third kappa shape index (κ3) is 3.11. The Labute approximate surface area is 105 Å². The highest BCUT2D eigenvalue weighted by Crippen LogP contribution is 2.20. The predicted molar refractivity (Wildman–Crippen MR) is 64.3 cm³/mol. The maximum absolute atomic E-state index is 11.3. The molecule has 1 heterocycles. The molecule has 1 fully saturated rings. The number of rotatable bonds is 3. The van der Waals surface area contributed by atoms with E-state index in [1.54, 1.807) is 12.1 Å². The number of nitrogens with one attached hydrogen (secondary N) is 1. The average molecular weight is 256 g/mol. The van der Waals surface area contributed by atoms with Crippen LogP contribution in [0.1, 0.15) is 6.42 Å². The van der Waals surface area contributed by atoms with Crippen molar-refractivity contribution in [3.05, 3.63) is 29.3 Å². The highest BCUT2D eigenvalue weighted by Gasteiger charge is 2.31. The Hall–Kier alpha value is -1.26. The largest absolute Gasteiger partial charge is 0.489 e. The molecule has 1 N–H and O–H groups in total. The van der Waals surface area contributed by atoms with Gasteiger partial charge in [0.25, 0.3) is 0 Å². The Bertz CT molecular complexity index is 393. The van der Waals surface area contributed by atoms with Gasteiger partial charge in [0, 0.05) is 18.0 Å². The first kappa shape index (κ1) is 12.2. The van der Waals surface area contributed by atoms with Crippen molar-refractivity contribution in [1.29, 1.82) is 0 Å². The van der Waals surface area contributed by atoms with Crippen molar-refractivity contribution in [3.63, 3.8) is 0 Å². The predicted octanol–water partition coefficient (Wildman–Crippen LogP) is 1.62. The van der Waals surface area contributed by atoms with Crippen molar-refractivity contribution >= 4 is 17.6 Å². The second kappa shape index (κ2) is 5.38. The molecule has 1 saturated heterocycles. The summed E-state index contributed by atoms with van der Waals surface area (Å²) in [6.45, 7) is 0.641. The number of hydrogen-bond donors (Lipinski definition) is 1. The van der Waals surface area contributed by atoms with Crippen LogP contribution in [0.25, 0.3) is 0 Å². The van der Waals surface area contributed by atoms with E-state index in [-0.39, 0.29) is 18.1 Å². The highest BCUT2D eigenvalue weighted by molar-refractivity contribution is 6.30. The van der Waals surface area contributed by atoms with Gasteiger partial charge >= 0.3 is 5.97 Å². The lowest BCUT2D eigenvalue weighted by Gasteiger charge is -2.12. The van der Waals surface area contributed by atoms with Crippen molar-refractivity contribution in [2.75, 3.05) is 13.7 Å². The number of benzene rings is 1. The minimum absolute atomic E-state index is 0.0136. The first-order valence-electron chi connectivity index (χ1n) is 5.42. The van der Waals surface area contributed by atoms with Gasteiger partial charge in [0.05, 0.1) is 7.11 Å². The van der Waals surface area contributed by atoms with Crippen LogP contribution in [0.2, 0.25) is 5.02 Å². The summed E-state index contributed by atoms with van der Waals surface area (Å²) in [5.74, 6) is 0.513. The zero-order chi connectivity index (χ0) is 12.3. The molecular weight excluding hydrogens is 242 g/mol. The number of ether oxygens (including phenoxy) is 2. The molecule has 0 spiro atoms. The maximum atomic E-state index is 11.3. The lowest BCUT2D eigenvalue weighted by Crippen LogP contribution is -2.31. The SMILES string of the molecule is COC(=O)[C@@H]1C[C@@H](Oc2ccc(Cl)cc2)CN1. The van der Waals surface area contributed by atoms with E-state index >= 15 is 0 Å². The van der Waals surface area contributed by atoms with Gasteiger partial charge in [-0.3, -0.25) is 4.79 Å². The molecule has 0 radical (unpaired) electrons. The highest BCUT2D eigenvalue weighted by atomic mass is 35.5. The number of carbonyl (C=O) groups excluding carboxylic acids is 1. The molecule has 92 valence electrons. The van der Waals surface area contributed by atoms with Crippen LogP contribution in [-0.2, 0) is 9.53 Å². The monoisotopic (exact) mass is 255 g/mol. The molecule has 1 aliphatic rings. The minimum Gasteiger partial charge on any atom is -0.489 e. The number of hydrogen-bond acceptors (Lipinski definition) is 4. The Morgan fingerprint density at radius 1 is 1.41 bits per heavy atom. The molecule has 1 aromatic carbocycles. The fraction of sp³-hybridized carbons (Fsp3) is 0.417. The Kier molecular flexibility index (Phi) is 3.86. The fourth-order valence-electron chi connectivity index (χ4n) is 1.82. The number of halogens is 1. The first-order valence-corrected chi connectivity index (χ1v) is 5.80. The molecular formula is C12H14ClNO3. The summed E-state index contributed by atoms with van der Waals surface area (Å²) in [5, 5.41) is 3.74. The van der Waals surface area contributed by atoms with Crippen molar-refractivity contribution in [2.24, 2.45) is 0 Å². The van der Waals surface area contributed by atoms with Crippen LogP contribution < -0.4 is 10.1 Å². The molecule has 4 nitrogen and oxygen atoms in total. The van der Waals surface area contributed by atoms with Crippen LogP contribution in [0.3, 0.4) is 0 Å². The van der Waals surface area contributed by atoms with Crippen LogP contribution in [0, 0.1) is 0 Å². The summed E-state index contributed by atoms with van der Waals surface area (Å²) >= 11 is 5.78. The first-order chi connectivity index (χ1) is 8.19. The van der Waals surface area contributed by atoms with Gasteiger partial charge in [-0.1, -0.05) is 11.6 Å². The molecule has 0 aromatic heterocycles. The van der Waals surface area contributed by atoms with Gasteiger partial charge in [0.1, 0.15) is 17.9 Å². The molecule has 5 heteroatoms. The zero-order valence-electron chi connectivity index (χ0n) is 9.48. The van der Waals surface area contributed by atoms with E-state index in [0.29, 0.717) is 18.0 Å². The molecule has 1 aliphatic heterocycles. The molecule has 0 saturated carbocycles. The summed E-state index contributed by atoms with van der Waals surface area (Å²) in [6.07, 6.45) is 0.607. The third-order valence-electron chi connectivity index (χ3n) is 2.69. The summed E-state index contributed by atoms with van der Waals surface area (Å²) in [6, 6.07) is 6.91. The lowest BCUT2D eigenvalue weighted by atomic mass is 10.2. The molecule has 0 aliphatic carbocycles. The maximum Gasteiger partial charge on any atom is 0.323 e. The summed E-state index contributed by atoms with van der Waals surface area (Å²) in [4.78, 5) is 11.3. The minimum atomic E-state index is -0.266. The normalized spacial score (nSPS) is 23.4. The van der Waals surface area contributed by atoms with Gasteiger partial charge < -0.3 is 14.8 Å². The van der Waals surface area contributed by atoms with Crippen molar-refractivity contribution in [2.45, 2.75) is 18.6 Å². The standard InChI is InChI=1S/C12H14ClNO3/c1-16-12(15)11-6-10(7-14-11)17-9-4-2-8(13)3-5-9/h2-5,10-11,14H,6-7H2,1H3/t10-,11+/m1/s1. The van der Waals surface area contributed by atoms with E-state index in [2.05, 4.69) is 10.1 Å². The molecule has 2 rings (SSSR count). The van der Waals surface area contributed by atoms with E-state index in [9.17, 15) is 4.79 Å². The Morgan fingerprint density at radius 2 is 2.12 bits per heavy atom. The van der Waals surface area contributed by atoms with Gasteiger partial charge in [-0.25, -0.2) is 0 Å². The van der Waals surface area contributed by atoms with Gasteiger partial charge in [0.2, 0.25) is 0 Å². The molecule has 17 heavy (non-hydrogen) atoms. The number of esters is 1. The van der Waals surface area contributed by atoms with E-state index in [0.717, 1.165) is 5.75 Å². The molecule has 1 aromatic rings. The van der Waals surface area contributed by atoms with Crippen molar-refractivity contribution in [3.8, 4) is 5.75 Å². The number of carbonyl (C=O) groups is 1. The Morgan fingerprint density at radius 3 is 2.76 bits per heavy atom. The summed E-state index contributed by atoms with van der Waals surface area (Å²) < 4.78 is 10.4. The lowest BCUT2D eigenvalue weighted by molar-refractivity contribution is -0.142. The summed E-state index contributed by atoms with van der Waals surface area (Å²) in [5.41, 5.74) is 0.